The van der Waals surface area contributed by atoms with Gasteiger partial charge in [0.05, 0.1) is 0 Å². The lowest BCUT2D eigenvalue weighted by molar-refractivity contribution is -0.137. The van der Waals surface area contributed by atoms with E-state index in [2.05, 4.69) is 35.9 Å². The molecule has 0 radical (unpaired) electrons. The van der Waals surface area contributed by atoms with E-state index >= 15 is 0 Å². The average Bonchev–Trinajstić information content (AvgIpc) is 2.77. The molecule has 0 N–H and O–H groups in total. The van der Waals surface area contributed by atoms with Gasteiger partial charge in [0.25, 0.3) is 0 Å². The summed E-state index contributed by atoms with van der Waals surface area (Å²) in [4.78, 5) is 19.7. The molecule has 0 saturated carbocycles. The van der Waals surface area contributed by atoms with Crippen molar-refractivity contribution in [1.29, 1.82) is 0 Å². The first kappa shape index (κ1) is 20.8. The predicted molar refractivity (Wildman–Crippen MR) is 118 cm³/mol. The van der Waals surface area contributed by atoms with Gasteiger partial charge in [0.2, 0.25) is 5.91 Å². The highest BCUT2D eigenvalue weighted by molar-refractivity contribution is 5.79. The molecule has 1 aromatic carbocycles. The third-order valence-corrected chi connectivity index (χ3v) is 6.92. The molecule has 1 atom stereocenters. The second-order valence-electron chi connectivity index (χ2n) is 8.96. The second kappa shape index (κ2) is 9.11. The summed E-state index contributed by atoms with van der Waals surface area (Å²) in [5.74, 6) is 0.735. The van der Waals surface area contributed by atoms with Crippen LogP contribution in [0.2, 0.25) is 0 Å². The average molecular weight is 407 g/mol. The molecule has 1 amide bonds. The smallest absolute Gasteiger partial charge is 0.226 e. The van der Waals surface area contributed by atoms with Crippen molar-refractivity contribution in [2.75, 3.05) is 13.1 Å². The number of carbonyl (C=O) groups is 1. The fourth-order valence-electron chi connectivity index (χ4n) is 4.76. The van der Waals surface area contributed by atoms with Crippen molar-refractivity contribution in [2.24, 2.45) is 5.92 Å². The summed E-state index contributed by atoms with van der Waals surface area (Å²) in [6.45, 7) is 6.00. The molecule has 30 heavy (non-hydrogen) atoms. The van der Waals surface area contributed by atoms with E-state index in [-0.39, 0.29) is 11.7 Å². The zero-order chi connectivity index (χ0) is 21.1. The third kappa shape index (κ3) is 4.63. The molecular weight excluding hydrogens is 375 g/mol. The SMILES string of the molecule is CC1=C(C)C[C@H](C(=O)N2CCC(c3ccc(Cc4ccccc4F)cn3)CC2)CC1. The van der Waals surface area contributed by atoms with E-state index in [1.165, 1.54) is 17.2 Å². The topological polar surface area (TPSA) is 33.2 Å². The summed E-state index contributed by atoms with van der Waals surface area (Å²) < 4.78 is 13.9. The van der Waals surface area contributed by atoms with Crippen LogP contribution < -0.4 is 0 Å². The highest BCUT2D eigenvalue weighted by Gasteiger charge is 2.30. The van der Waals surface area contributed by atoms with Gasteiger partial charge in [0.15, 0.2) is 0 Å². The van der Waals surface area contributed by atoms with Crippen LogP contribution >= 0.6 is 0 Å². The quantitative estimate of drug-likeness (QED) is 0.615. The lowest BCUT2D eigenvalue weighted by atomic mass is 9.83. The number of allylic oxidation sites excluding steroid dienone is 2. The van der Waals surface area contributed by atoms with Gasteiger partial charge in [-0.3, -0.25) is 9.78 Å². The van der Waals surface area contributed by atoms with Gasteiger partial charge in [-0.05, 0) is 69.2 Å². The highest BCUT2D eigenvalue weighted by Crippen LogP contribution is 2.33. The van der Waals surface area contributed by atoms with Gasteiger partial charge < -0.3 is 4.90 Å². The normalized spacial score (nSPS) is 20.5. The van der Waals surface area contributed by atoms with Gasteiger partial charge in [-0.15, -0.1) is 0 Å². The van der Waals surface area contributed by atoms with Crippen LogP contribution in [0.5, 0.6) is 0 Å². The number of carbonyl (C=O) groups excluding carboxylic acids is 1. The van der Waals surface area contributed by atoms with Gasteiger partial charge in [0, 0.05) is 43.2 Å². The van der Waals surface area contributed by atoms with Crippen molar-refractivity contribution in [1.82, 2.24) is 9.88 Å². The zero-order valence-corrected chi connectivity index (χ0v) is 18.0. The van der Waals surface area contributed by atoms with Crippen molar-refractivity contribution in [3.05, 3.63) is 76.4 Å². The fourth-order valence-corrected chi connectivity index (χ4v) is 4.76. The largest absolute Gasteiger partial charge is 0.342 e. The van der Waals surface area contributed by atoms with Crippen molar-refractivity contribution in [2.45, 2.75) is 58.3 Å². The Labute approximate surface area is 179 Å². The highest BCUT2D eigenvalue weighted by atomic mass is 19.1. The van der Waals surface area contributed by atoms with Gasteiger partial charge >= 0.3 is 0 Å². The van der Waals surface area contributed by atoms with Crippen molar-refractivity contribution >= 4 is 5.91 Å². The summed E-state index contributed by atoms with van der Waals surface area (Å²) >= 11 is 0. The first-order valence-electron chi connectivity index (χ1n) is 11.1. The number of pyridine rings is 1. The maximum absolute atomic E-state index is 13.9. The molecule has 4 heteroatoms. The maximum atomic E-state index is 13.9. The van der Waals surface area contributed by atoms with Crippen molar-refractivity contribution in [3.8, 4) is 0 Å². The Bertz CT molecular complexity index is 926. The molecule has 1 fully saturated rings. The molecule has 0 bridgehead atoms. The van der Waals surface area contributed by atoms with Crippen molar-refractivity contribution < 1.29 is 9.18 Å². The van der Waals surface area contributed by atoms with Gasteiger partial charge in [-0.2, -0.15) is 0 Å². The predicted octanol–water partition coefficient (Wildman–Crippen LogP) is 5.65. The lowest BCUT2D eigenvalue weighted by Crippen LogP contribution is -2.42. The molecule has 158 valence electrons. The lowest BCUT2D eigenvalue weighted by Gasteiger charge is -2.35. The number of hydrogen-bond donors (Lipinski definition) is 0. The first-order valence-corrected chi connectivity index (χ1v) is 11.1. The number of hydrogen-bond acceptors (Lipinski definition) is 2. The standard InChI is InChI=1S/C26H31FN2O/c1-18-7-9-23(15-19(18)2)26(30)29-13-11-21(12-14-29)25-10-8-20(17-28-25)16-22-5-3-4-6-24(22)27/h3-6,8,10,17,21,23H,7,9,11-16H2,1-2H3/t23-/m1/s1. The van der Waals surface area contributed by atoms with E-state index in [0.717, 1.165) is 56.5 Å². The van der Waals surface area contributed by atoms with E-state index in [0.29, 0.717) is 23.8 Å². The van der Waals surface area contributed by atoms with E-state index in [9.17, 15) is 9.18 Å². The number of likely N-dealkylation sites (tertiary alicyclic amines) is 1. The number of aromatic nitrogens is 1. The number of piperidine rings is 1. The second-order valence-corrected chi connectivity index (χ2v) is 8.96. The molecule has 0 spiro atoms. The minimum Gasteiger partial charge on any atom is -0.342 e. The molecule has 1 aromatic heterocycles. The van der Waals surface area contributed by atoms with Gasteiger partial charge in [-0.1, -0.05) is 35.4 Å². The maximum Gasteiger partial charge on any atom is 0.226 e. The Hall–Kier alpha value is -2.49. The van der Waals surface area contributed by atoms with E-state index in [1.807, 2.05) is 18.3 Å². The summed E-state index contributed by atoms with van der Waals surface area (Å²) in [7, 11) is 0. The number of nitrogens with zero attached hydrogens (tertiary/aromatic N) is 2. The van der Waals surface area contributed by atoms with E-state index in [1.54, 1.807) is 6.07 Å². The van der Waals surface area contributed by atoms with Crippen LogP contribution in [-0.2, 0) is 11.2 Å². The minimum absolute atomic E-state index is 0.168. The number of amides is 1. The zero-order valence-electron chi connectivity index (χ0n) is 18.0. The van der Waals surface area contributed by atoms with E-state index in [4.69, 9.17) is 0 Å². The molecule has 0 unspecified atom stereocenters. The summed E-state index contributed by atoms with van der Waals surface area (Å²) in [5.41, 5.74) is 5.66. The summed E-state index contributed by atoms with van der Waals surface area (Å²) in [5, 5.41) is 0. The van der Waals surface area contributed by atoms with Crippen LogP contribution in [0.1, 0.15) is 68.7 Å². The molecule has 2 aromatic rings. The van der Waals surface area contributed by atoms with Crippen LogP contribution in [0.25, 0.3) is 0 Å². The third-order valence-electron chi connectivity index (χ3n) is 6.92. The number of rotatable bonds is 4. The summed E-state index contributed by atoms with van der Waals surface area (Å²) in [6.07, 6.45) is 7.34. The molecule has 1 saturated heterocycles. The molecule has 2 heterocycles. The molecular formula is C26H31FN2O. The monoisotopic (exact) mass is 406 g/mol. The van der Waals surface area contributed by atoms with E-state index < -0.39 is 0 Å². The first-order chi connectivity index (χ1) is 14.5. The van der Waals surface area contributed by atoms with Crippen LogP contribution in [0.15, 0.2) is 53.7 Å². The molecule has 1 aliphatic carbocycles. The van der Waals surface area contributed by atoms with Crippen molar-refractivity contribution in [3.63, 3.8) is 0 Å². The van der Waals surface area contributed by atoms with Gasteiger partial charge in [0.1, 0.15) is 5.82 Å². The Morgan fingerprint density at radius 2 is 1.83 bits per heavy atom. The molecule has 3 nitrogen and oxygen atoms in total. The summed E-state index contributed by atoms with van der Waals surface area (Å²) in [6, 6.07) is 11.0. The van der Waals surface area contributed by atoms with Crippen LogP contribution in [0.3, 0.4) is 0 Å². The molecule has 2 aliphatic rings. The molecule has 1 aliphatic heterocycles. The Kier molecular flexibility index (Phi) is 6.31. The Morgan fingerprint density at radius 3 is 2.50 bits per heavy atom. The van der Waals surface area contributed by atoms with Crippen LogP contribution in [0, 0.1) is 11.7 Å². The number of benzene rings is 1. The Balaban J connectivity index is 1.32. The molecule has 4 rings (SSSR count). The minimum atomic E-state index is -0.169. The van der Waals surface area contributed by atoms with Crippen LogP contribution in [0.4, 0.5) is 4.39 Å². The fraction of sp³-hybridized carbons (Fsp3) is 0.462. The number of halogens is 1. The van der Waals surface area contributed by atoms with Gasteiger partial charge in [-0.25, -0.2) is 4.39 Å². The van der Waals surface area contributed by atoms with Crippen LogP contribution in [-0.4, -0.2) is 28.9 Å². The Morgan fingerprint density at radius 1 is 1.07 bits per heavy atom.